The molecule has 1 atom stereocenters. The van der Waals surface area contributed by atoms with E-state index in [4.69, 9.17) is 9.47 Å². The van der Waals surface area contributed by atoms with Crippen LogP contribution in [0.3, 0.4) is 0 Å². The van der Waals surface area contributed by atoms with E-state index in [1.807, 2.05) is 49.6 Å². The predicted molar refractivity (Wildman–Crippen MR) is 140 cm³/mol. The van der Waals surface area contributed by atoms with Crippen LogP contribution in [0, 0.1) is 5.82 Å². The molecule has 0 radical (unpaired) electrons. The SMILES string of the molecule is CCC(C)N(CC(=O)N(CCc1ccc(OC)c(OC)c1)Cc1cccs1)C(=O)c1ccccc1F. The molecule has 1 unspecified atom stereocenters. The van der Waals surface area contributed by atoms with E-state index in [1.54, 1.807) is 42.6 Å². The molecule has 8 heteroatoms. The Morgan fingerprint density at radius 3 is 2.42 bits per heavy atom. The highest BCUT2D eigenvalue weighted by atomic mass is 32.1. The summed E-state index contributed by atoms with van der Waals surface area (Å²) in [5.41, 5.74) is 0.971. The first-order chi connectivity index (χ1) is 17.4. The number of halogens is 1. The van der Waals surface area contributed by atoms with Crippen molar-refractivity contribution in [2.75, 3.05) is 27.3 Å². The fourth-order valence-electron chi connectivity index (χ4n) is 3.87. The summed E-state index contributed by atoms with van der Waals surface area (Å²) < 4.78 is 25.1. The average Bonchev–Trinajstić information content (AvgIpc) is 3.42. The Bertz CT molecular complexity index is 1150. The molecule has 2 amide bonds. The van der Waals surface area contributed by atoms with Crippen molar-refractivity contribution in [2.24, 2.45) is 0 Å². The molecule has 36 heavy (non-hydrogen) atoms. The maximum atomic E-state index is 14.4. The molecule has 1 aromatic heterocycles. The van der Waals surface area contributed by atoms with Crippen molar-refractivity contribution in [1.82, 2.24) is 9.80 Å². The number of methoxy groups -OCH3 is 2. The van der Waals surface area contributed by atoms with Gasteiger partial charge in [0.15, 0.2) is 11.5 Å². The molecule has 6 nitrogen and oxygen atoms in total. The average molecular weight is 513 g/mol. The molecule has 0 spiro atoms. The largest absolute Gasteiger partial charge is 0.493 e. The molecule has 3 rings (SSSR count). The number of carbonyl (C=O) groups is 2. The topological polar surface area (TPSA) is 59.1 Å². The standard InChI is InChI=1S/C28H33FN2O4S/c1-5-20(2)31(28(33)23-10-6-7-11-24(23)29)19-27(32)30(18-22-9-8-16-36-22)15-14-21-12-13-25(34-3)26(17-21)35-4/h6-13,16-17,20H,5,14-15,18-19H2,1-4H3. The van der Waals surface area contributed by atoms with Crippen molar-refractivity contribution in [3.63, 3.8) is 0 Å². The Morgan fingerprint density at radius 1 is 1.03 bits per heavy atom. The first-order valence-electron chi connectivity index (χ1n) is 11.9. The maximum absolute atomic E-state index is 14.4. The van der Waals surface area contributed by atoms with Crippen LogP contribution in [-0.4, -0.2) is 55.0 Å². The van der Waals surface area contributed by atoms with Gasteiger partial charge >= 0.3 is 0 Å². The summed E-state index contributed by atoms with van der Waals surface area (Å²) in [6, 6.07) is 15.3. The summed E-state index contributed by atoms with van der Waals surface area (Å²) in [7, 11) is 3.18. The second-order valence-electron chi connectivity index (χ2n) is 8.50. The summed E-state index contributed by atoms with van der Waals surface area (Å²) >= 11 is 1.58. The van der Waals surface area contributed by atoms with Crippen molar-refractivity contribution in [1.29, 1.82) is 0 Å². The van der Waals surface area contributed by atoms with Gasteiger partial charge in [0.2, 0.25) is 5.91 Å². The number of ether oxygens (including phenoxy) is 2. The molecular weight excluding hydrogens is 479 g/mol. The van der Waals surface area contributed by atoms with Gasteiger partial charge in [0.25, 0.3) is 5.91 Å². The summed E-state index contributed by atoms with van der Waals surface area (Å²) in [4.78, 5) is 31.1. The Morgan fingerprint density at radius 2 is 1.78 bits per heavy atom. The molecule has 192 valence electrons. The van der Waals surface area contributed by atoms with E-state index in [0.717, 1.165) is 10.4 Å². The van der Waals surface area contributed by atoms with Gasteiger partial charge in [-0.1, -0.05) is 31.2 Å². The molecule has 0 aliphatic rings. The van der Waals surface area contributed by atoms with E-state index in [0.29, 0.717) is 37.4 Å². The Balaban J connectivity index is 1.81. The Hall–Kier alpha value is -3.39. The van der Waals surface area contributed by atoms with Gasteiger partial charge in [-0.3, -0.25) is 9.59 Å². The molecule has 0 saturated heterocycles. The molecule has 0 aliphatic carbocycles. The number of rotatable bonds is 12. The smallest absolute Gasteiger partial charge is 0.257 e. The van der Waals surface area contributed by atoms with E-state index >= 15 is 0 Å². The summed E-state index contributed by atoms with van der Waals surface area (Å²) in [5.74, 6) is 0.0148. The molecule has 0 aliphatic heterocycles. The number of benzene rings is 2. The van der Waals surface area contributed by atoms with Gasteiger partial charge < -0.3 is 19.3 Å². The highest BCUT2D eigenvalue weighted by Crippen LogP contribution is 2.28. The first-order valence-corrected chi connectivity index (χ1v) is 12.8. The Labute approximate surface area is 216 Å². The Kier molecular flexibility index (Phi) is 9.87. The summed E-state index contributed by atoms with van der Waals surface area (Å²) in [5, 5.41) is 1.97. The third-order valence-electron chi connectivity index (χ3n) is 6.19. The van der Waals surface area contributed by atoms with Gasteiger partial charge in [-0.15, -0.1) is 11.3 Å². The molecule has 0 bridgehead atoms. The third kappa shape index (κ3) is 6.85. The zero-order chi connectivity index (χ0) is 26.1. The highest BCUT2D eigenvalue weighted by Gasteiger charge is 2.27. The maximum Gasteiger partial charge on any atom is 0.257 e. The van der Waals surface area contributed by atoms with Crippen LogP contribution in [0.1, 0.15) is 41.1 Å². The summed E-state index contributed by atoms with van der Waals surface area (Å²) in [6.45, 7) is 4.58. The molecular formula is C28H33FN2O4S. The number of hydrogen-bond donors (Lipinski definition) is 0. The first kappa shape index (κ1) is 27.2. The zero-order valence-corrected chi connectivity index (χ0v) is 22.0. The van der Waals surface area contributed by atoms with E-state index in [1.165, 1.54) is 17.0 Å². The minimum Gasteiger partial charge on any atom is -0.493 e. The highest BCUT2D eigenvalue weighted by molar-refractivity contribution is 7.09. The van der Waals surface area contributed by atoms with Gasteiger partial charge in [-0.05, 0) is 61.0 Å². The molecule has 0 N–H and O–H groups in total. The molecule has 0 fully saturated rings. The molecule has 0 saturated carbocycles. The minimum absolute atomic E-state index is 0.0271. The van der Waals surface area contributed by atoms with Crippen LogP contribution >= 0.6 is 11.3 Å². The van der Waals surface area contributed by atoms with E-state index in [2.05, 4.69) is 0 Å². The van der Waals surface area contributed by atoms with Gasteiger partial charge in [0.05, 0.1) is 26.3 Å². The quantitative estimate of drug-likeness (QED) is 0.325. The lowest BCUT2D eigenvalue weighted by Gasteiger charge is -2.31. The second kappa shape index (κ2) is 13.1. The molecule has 3 aromatic rings. The monoisotopic (exact) mass is 512 g/mol. The second-order valence-corrected chi connectivity index (χ2v) is 9.54. The van der Waals surface area contributed by atoms with Crippen LogP contribution in [-0.2, 0) is 17.8 Å². The molecule has 1 heterocycles. The van der Waals surface area contributed by atoms with Crippen LogP contribution in [0.15, 0.2) is 60.0 Å². The number of hydrogen-bond acceptors (Lipinski definition) is 5. The fourth-order valence-corrected chi connectivity index (χ4v) is 4.59. The van der Waals surface area contributed by atoms with Gasteiger partial charge in [0, 0.05) is 17.5 Å². The fraction of sp³-hybridized carbons (Fsp3) is 0.357. The minimum atomic E-state index is -0.591. The van der Waals surface area contributed by atoms with Crippen molar-refractivity contribution < 1.29 is 23.5 Å². The van der Waals surface area contributed by atoms with Crippen molar-refractivity contribution >= 4 is 23.2 Å². The lowest BCUT2D eigenvalue weighted by molar-refractivity contribution is -0.132. The summed E-state index contributed by atoms with van der Waals surface area (Å²) in [6.07, 6.45) is 1.24. The van der Waals surface area contributed by atoms with E-state index in [-0.39, 0.29) is 24.1 Å². The number of thiophene rings is 1. The lowest BCUT2D eigenvalue weighted by Crippen LogP contribution is -2.47. The van der Waals surface area contributed by atoms with Crippen LogP contribution in [0.2, 0.25) is 0 Å². The number of carbonyl (C=O) groups excluding carboxylic acids is 2. The predicted octanol–water partition coefficient (Wildman–Crippen LogP) is 5.42. The number of amides is 2. The van der Waals surface area contributed by atoms with Crippen LogP contribution in [0.25, 0.3) is 0 Å². The van der Waals surface area contributed by atoms with Gasteiger partial charge in [-0.2, -0.15) is 0 Å². The van der Waals surface area contributed by atoms with Crippen molar-refractivity contribution in [2.45, 2.75) is 39.3 Å². The number of nitrogens with zero attached hydrogens (tertiary/aromatic N) is 2. The van der Waals surface area contributed by atoms with E-state index < -0.39 is 11.7 Å². The van der Waals surface area contributed by atoms with Gasteiger partial charge in [0.1, 0.15) is 12.4 Å². The normalized spacial score (nSPS) is 11.6. The lowest BCUT2D eigenvalue weighted by atomic mass is 10.1. The van der Waals surface area contributed by atoms with Crippen molar-refractivity contribution in [3.8, 4) is 11.5 Å². The molecule has 2 aromatic carbocycles. The van der Waals surface area contributed by atoms with Crippen LogP contribution in [0.5, 0.6) is 11.5 Å². The van der Waals surface area contributed by atoms with E-state index in [9.17, 15) is 14.0 Å². The van der Waals surface area contributed by atoms with Crippen LogP contribution in [0.4, 0.5) is 4.39 Å². The third-order valence-corrected chi connectivity index (χ3v) is 7.05. The zero-order valence-electron chi connectivity index (χ0n) is 21.2. The van der Waals surface area contributed by atoms with Gasteiger partial charge in [-0.25, -0.2) is 4.39 Å². The van der Waals surface area contributed by atoms with Crippen LogP contribution < -0.4 is 9.47 Å². The van der Waals surface area contributed by atoms with Crippen molar-refractivity contribution in [3.05, 3.63) is 81.8 Å².